The molecule has 0 aromatic carbocycles. The molecule has 1 aromatic rings. The van der Waals surface area contributed by atoms with Crippen LogP contribution in [0.3, 0.4) is 0 Å². The standard InChI is InChI=1S/C10H15ClN2O/c11-10-12-9(14-13-10)7-8-5-3-1-2-4-6-8/h8H,1-7H2. The summed E-state index contributed by atoms with van der Waals surface area (Å²) in [6.45, 7) is 0. The molecular weight excluding hydrogens is 200 g/mol. The van der Waals surface area contributed by atoms with E-state index in [1.165, 1.54) is 38.5 Å². The maximum atomic E-state index is 5.59. The fraction of sp³-hybridized carbons (Fsp3) is 0.800. The number of halogens is 1. The third kappa shape index (κ3) is 2.71. The van der Waals surface area contributed by atoms with Crippen molar-refractivity contribution < 1.29 is 4.52 Å². The van der Waals surface area contributed by atoms with Gasteiger partial charge in [0.25, 0.3) is 5.28 Å². The lowest BCUT2D eigenvalue weighted by Gasteiger charge is -2.09. The molecule has 0 aliphatic heterocycles. The van der Waals surface area contributed by atoms with Crippen molar-refractivity contribution in [2.75, 3.05) is 0 Å². The number of rotatable bonds is 2. The second-order valence-corrected chi connectivity index (χ2v) is 4.36. The highest BCUT2D eigenvalue weighted by Crippen LogP contribution is 2.25. The summed E-state index contributed by atoms with van der Waals surface area (Å²) in [5.74, 6) is 1.41. The summed E-state index contributed by atoms with van der Waals surface area (Å²) >= 11 is 5.59. The molecule has 1 aromatic heterocycles. The van der Waals surface area contributed by atoms with Crippen LogP contribution in [0.4, 0.5) is 0 Å². The molecule has 1 heterocycles. The van der Waals surface area contributed by atoms with Crippen LogP contribution in [0.25, 0.3) is 0 Å². The lowest BCUT2D eigenvalue weighted by Crippen LogP contribution is -2.03. The number of nitrogens with zero attached hydrogens (tertiary/aromatic N) is 2. The molecule has 0 atom stereocenters. The molecular formula is C10H15ClN2O. The average molecular weight is 215 g/mol. The van der Waals surface area contributed by atoms with E-state index in [9.17, 15) is 0 Å². The topological polar surface area (TPSA) is 38.9 Å². The molecule has 0 unspecified atom stereocenters. The Bertz CT molecular complexity index is 279. The van der Waals surface area contributed by atoms with Gasteiger partial charge in [-0.15, -0.1) is 0 Å². The molecule has 1 saturated carbocycles. The van der Waals surface area contributed by atoms with Crippen molar-refractivity contribution in [2.45, 2.75) is 44.9 Å². The van der Waals surface area contributed by atoms with Gasteiger partial charge in [-0.3, -0.25) is 0 Å². The van der Waals surface area contributed by atoms with Crippen LogP contribution in [0.1, 0.15) is 44.4 Å². The Kier molecular flexibility index (Phi) is 3.40. The summed E-state index contributed by atoms with van der Waals surface area (Å²) in [6, 6.07) is 0. The van der Waals surface area contributed by atoms with Crippen molar-refractivity contribution in [3.63, 3.8) is 0 Å². The maximum absolute atomic E-state index is 5.59. The average Bonchev–Trinajstić information content (AvgIpc) is 2.43. The molecule has 14 heavy (non-hydrogen) atoms. The van der Waals surface area contributed by atoms with Gasteiger partial charge < -0.3 is 4.52 Å². The molecule has 3 nitrogen and oxygen atoms in total. The van der Waals surface area contributed by atoms with E-state index < -0.39 is 0 Å². The summed E-state index contributed by atoms with van der Waals surface area (Å²) in [5, 5.41) is 3.82. The van der Waals surface area contributed by atoms with E-state index >= 15 is 0 Å². The first-order valence-electron chi connectivity index (χ1n) is 5.32. The number of hydrogen-bond acceptors (Lipinski definition) is 3. The molecule has 0 N–H and O–H groups in total. The zero-order valence-corrected chi connectivity index (χ0v) is 8.96. The zero-order chi connectivity index (χ0) is 9.80. The Morgan fingerprint density at radius 3 is 2.50 bits per heavy atom. The molecule has 78 valence electrons. The fourth-order valence-electron chi connectivity index (χ4n) is 2.13. The van der Waals surface area contributed by atoms with Crippen molar-refractivity contribution in [2.24, 2.45) is 5.92 Å². The SMILES string of the molecule is Clc1noc(CC2CCCCCC2)n1. The Morgan fingerprint density at radius 2 is 1.93 bits per heavy atom. The van der Waals surface area contributed by atoms with Gasteiger partial charge in [0, 0.05) is 6.42 Å². The number of aromatic nitrogens is 2. The quantitative estimate of drug-likeness (QED) is 0.710. The third-order valence-corrected chi connectivity index (χ3v) is 3.03. The van der Waals surface area contributed by atoms with Crippen molar-refractivity contribution >= 4 is 11.6 Å². The lowest BCUT2D eigenvalue weighted by atomic mass is 9.97. The Morgan fingerprint density at radius 1 is 1.21 bits per heavy atom. The Balaban J connectivity index is 1.89. The van der Waals surface area contributed by atoms with Gasteiger partial charge in [0.2, 0.25) is 5.89 Å². The van der Waals surface area contributed by atoms with Gasteiger partial charge in [0.15, 0.2) is 0 Å². The molecule has 0 radical (unpaired) electrons. The van der Waals surface area contributed by atoms with Gasteiger partial charge in [0.1, 0.15) is 0 Å². The van der Waals surface area contributed by atoms with Gasteiger partial charge in [-0.25, -0.2) is 0 Å². The van der Waals surface area contributed by atoms with E-state index in [0.717, 1.165) is 6.42 Å². The predicted octanol–water partition coefficient (Wildman–Crippen LogP) is 3.24. The highest BCUT2D eigenvalue weighted by atomic mass is 35.5. The molecule has 0 saturated heterocycles. The largest absolute Gasteiger partial charge is 0.338 e. The first kappa shape index (κ1) is 9.97. The van der Waals surface area contributed by atoms with E-state index in [2.05, 4.69) is 10.1 Å². The second-order valence-electron chi connectivity index (χ2n) is 4.02. The summed E-state index contributed by atoms with van der Waals surface area (Å²) < 4.78 is 5.01. The fourth-order valence-corrected chi connectivity index (χ4v) is 2.26. The summed E-state index contributed by atoms with van der Waals surface area (Å²) in [5.41, 5.74) is 0. The first-order chi connectivity index (χ1) is 6.84. The van der Waals surface area contributed by atoms with Crippen molar-refractivity contribution in [3.8, 4) is 0 Å². The highest BCUT2D eigenvalue weighted by molar-refractivity contribution is 6.28. The molecule has 2 rings (SSSR count). The van der Waals surface area contributed by atoms with Gasteiger partial charge in [-0.05, 0) is 35.5 Å². The maximum Gasteiger partial charge on any atom is 0.263 e. The van der Waals surface area contributed by atoms with E-state index in [-0.39, 0.29) is 5.28 Å². The van der Waals surface area contributed by atoms with Gasteiger partial charge in [0.05, 0.1) is 0 Å². The lowest BCUT2D eigenvalue weighted by molar-refractivity contribution is 0.338. The van der Waals surface area contributed by atoms with Crippen molar-refractivity contribution in [1.82, 2.24) is 10.1 Å². The molecule has 1 fully saturated rings. The van der Waals surface area contributed by atoms with Crippen LogP contribution in [0.15, 0.2) is 4.52 Å². The predicted molar refractivity (Wildman–Crippen MR) is 54.2 cm³/mol. The second kappa shape index (κ2) is 4.78. The van der Waals surface area contributed by atoms with Crippen LogP contribution in [0.2, 0.25) is 5.28 Å². The highest BCUT2D eigenvalue weighted by Gasteiger charge is 2.16. The Hall–Kier alpha value is -0.570. The minimum absolute atomic E-state index is 0.230. The van der Waals surface area contributed by atoms with Crippen molar-refractivity contribution in [3.05, 3.63) is 11.2 Å². The van der Waals surface area contributed by atoms with E-state index in [0.29, 0.717) is 11.8 Å². The van der Waals surface area contributed by atoms with Crippen molar-refractivity contribution in [1.29, 1.82) is 0 Å². The Labute approximate surface area is 88.8 Å². The normalized spacial score (nSPS) is 19.5. The van der Waals surface area contributed by atoms with Gasteiger partial charge in [-0.1, -0.05) is 25.7 Å². The molecule has 1 aliphatic rings. The monoisotopic (exact) mass is 214 g/mol. The summed E-state index contributed by atoms with van der Waals surface area (Å²) in [6.07, 6.45) is 8.92. The van der Waals surface area contributed by atoms with Gasteiger partial charge in [-0.2, -0.15) is 4.98 Å². The summed E-state index contributed by atoms with van der Waals surface area (Å²) in [7, 11) is 0. The number of hydrogen-bond donors (Lipinski definition) is 0. The molecule has 0 bridgehead atoms. The summed E-state index contributed by atoms with van der Waals surface area (Å²) in [4.78, 5) is 4.02. The van der Waals surface area contributed by atoms with Crippen LogP contribution >= 0.6 is 11.6 Å². The van der Waals surface area contributed by atoms with Crippen LogP contribution in [0, 0.1) is 5.92 Å². The van der Waals surface area contributed by atoms with Crippen LogP contribution in [-0.4, -0.2) is 10.1 Å². The van der Waals surface area contributed by atoms with Crippen LogP contribution in [-0.2, 0) is 6.42 Å². The smallest absolute Gasteiger partial charge is 0.263 e. The molecule has 4 heteroatoms. The molecule has 0 spiro atoms. The minimum Gasteiger partial charge on any atom is -0.338 e. The zero-order valence-electron chi connectivity index (χ0n) is 8.21. The van der Waals surface area contributed by atoms with Crippen LogP contribution in [0.5, 0.6) is 0 Å². The molecule has 0 amide bonds. The third-order valence-electron chi connectivity index (χ3n) is 2.88. The van der Waals surface area contributed by atoms with E-state index in [1.54, 1.807) is 0 Å². The van der Waals surface area contributed by atoms with Crippen LogP contribution < -0.4 is 0 Å². The minimum atomic E-state index is 0.230. The van der Waals surface area contributed by atoms with E-state index in [1.807, 2.05) is 0 Å². The van der Waals surface area contributed by atoms with E-state index in [4.69, 9.17) is 16.1 Å². The first-order valence-corrected chi connectivity index (χ1v) is 5.70. The molecule has 1 aliphatic carbocycles. The van der Waals surface area contributed by atoms with Gasteiger partial charge >= 0.3 is 0 Å².